The van der Waals surface area contributed by atoms with Crippen LogP contribution in [0.5, 0.6) is 0 Å². The summed E-state index contributed by atoms with van der Waals surface area (Å²) < 4.78 is 0. The Kier molecular flexibility index (Phi) is 5.40. The fourth-order valence-electron chi connectivity index (χ4n) is 3.02. The van der Waals surface area contributed by atoms with Gasteiger partial charge in [-0.1, -0.05) is 58.0 Å². The largest absolute Gasteiger partial charge is 0.511 e. The molecule has 0 amide bonds. The molecule has 2 rings (SSSR count). The molecule has 0 unspecified atom stereocenters. The molecular formula is C20H27NO2. The lowest BCUT2D eigenvalue weighted by molar-refractivity contribution is -0.117. The van der Waals surface area contributed by atoms with Crippen molar-refractivity contribution >= 4 is 11.5 Å². The highest BCUT2D eigenvalue weighted by molar-refractivity contribution is 6.23. The van der Waals surface area contributed by atoms with Gasteiger partial charge in [0, 0.05) is 18.6 Å². The second-order valence-corrected chi connectivity index (χ2v) is 7.61. The first kappa shape index (κ1) is 17.5. The predicted octanol–water partition coefficient (Wildman–Crippen LogP) is 4.87. The molecule has 1 aromatic rings. The van der Waals surface area contributed by atoms with Crippen LogP contribution >= 0.6 is 0 Å². The maximum absolute atomic E-state index is 12.6. The molecule has 0 bridgehead atoms. The van der Waals surface area contributed by atoms with Crippen molar-refractivity contribution in [2.75, 3.05) is 0 Å². The number of carbonyl (C=O) groups is 1. The van der Waals surface area contributed by atoms with Crippen molar-refractivity contribution in [3.8, 4) is 0 Å². The number of aliphatic hydroxyl groups is 1. The van der Waals surface area contributed by atoms with Gasteiger partial charge in [0.1, 0.15) is 5.76 Å². The Morgan fingerprint density at radius 1 is 1.22 bits per heavy atom. The number of benzene rings is 1. The lowest BCUT2D eigenvalue weighted by Gasteiger charge is -2.30. The summed E-state index contributed by atoms with van der Waals surface area (Å²) >= 11 is 0. The molecule has 0 radical (unpaired) electrons. The van der Waals surface area contributed by atoms with Crippen molar-refractivity contribution in [3.63, 3.8) is 0 Å². The zero-order valence-electron chi connectivity index (χ0n) is 14.6. The number of Topliss-reactive ketones (excluding diaryl/α,β-unsaturated/α-hetero) is 1. The third kappa shape index (κ3) is 4.78. The normalized spacial score (nSPS) is 18.7. The summed E-state index contributed by atoms with van der Waals surface area (Å²) in [5, 5.41) is 10.4. The molecule has 0 saturated carbocycles. The molecule has 0 aliphatic heterocycles. The van der Waals surface area contributed by atoms with E-state index in [1.165, 1.54) is 0 Å². The van der Waals surface area contributed by atoms with Crippen LogP contribution < -0.4 is 0 Å². The Bertz CT molecular complexity index is 624. The molecule has 3 nitrogen and oxygen atoms in total. The number of allylic oxidation sites excluding steroid dienone is 2. The molecule has 1 aliphatic rings. The quantitative estimate of drug-likeness (QED) is 0.788. The lowest BCUT2D eigenvalue weighted by Crippen LogP contribution is -2.29. The molecule has 3 heteroatoms. The van der Waals surface area contributed by atoms with Crippen LogP contribution in [0.3, 0.4) is 0 Å². The highest BCUT2D eigenvalue weighted by Crippen LogP contribution is 2.36. The summed E-state index contributed by atoms with van der Waals surface area (Å²) in [5.41, 5.74) is 2.15. The molecule has 1 aromatic carbocycles. The van der Waals surface area contributed by atoms with E-state index >= 15 is 0 Å². The third-order valence-corrected chi connectivity index (χ3v) is 4.04. The van der Waals surface area contributed by atoms with Crippen molar-refractivity contribution in [1.82, 2.24) is 0 Å². The summed E-state index contributed by atoms with van der Waals surface area (Å²) in [6, 6.07) is 9.99. The number of hydrogen-bond acceptors (Lipinski definition) is 3. The first-order valence-electron chi connectivity index (χ1n) is 8.31. The van der Waals surface area contributed by atoms with E-state index in [1.54, 1.807) is 0 Å². The van der Waals surface area contributed by atoms with Gasteiger partial charge in [0.25, 0.3) is 0 Å². The van der Waals surface area contributed by atoms with Crippen LogP contribution in [0.25, 0.3) is 0 Å². The van der Waals surface area contributed by atoms with Crippen molar-refractivity contribution < 1.29 is 9.90 Å². The van der Waals surface area contributed by atoms with Crippen LogP contribution in [0, 0.1) is 11.3 Å². The van der Waals surface area contributed by atoms with Crippen LogP contribution in [0.15, 0.2) is 46.7 Å². The number of nitrogens with zero attached hydrogens (tertiary/aromatic N) is 1. The first-order valence-corrected chi connectivity index (χ1v) is 8.31. The highest BCUT2D eigenvalue weighted by Gasteiger charge is 2.35. The summed E-state index contributed by atoms with van der Waals surface area (Å²) in [6.45, 7) is 8.78. The molecule has 0 aromatic heterocycles. The van der Waals surface area contributed by atoms with Crippen LogP contribution in [-0.2, 0) is 11.3 Å². The maximum atomic E-state index is 12.6. The van der Waals surface area contributed by atoms with Gasteiger partial charge in [0.05, 0.1) is 12.1 Å². The zero-order chi connectivity index (χ0) is 17.0. The van der Waals surface area contributed by atoms with Crippen LogP contribution in [0.1, 0.15) is 52.5 Å². The minimum Gasteiger partial charge on any atom is -0.511 e. The third-order valence-electron chi connectivity index (χ3n) is 4.04. The van der Waals surface area contributed by atoms with Gasteiger partial charge >= 0.3 is 0 Å². The Labute approximate surface area is 139 Å². The van der Waals surface area contributed by atoms with Crippen LogP contribution in [0.2, 0.25) is 0 Å². The van der Waals surface area contributed by atoms with Gasteiger partial charge in [-0.2, -0.15) is 0 Å². The number of hydrogen-bond donors (Lipinski definition) is 1. The van der Waals surface area contributed by atoms with E-state index in [-0.39, 0.29) is 17.0 Å². The second kappa shape index (κ2) is 7.12. The smallest absolute Gasteiger partial charge is 0.168 e. The van der Waals surface area contributed by atoms with E-state index in [4.69, 9.17) is 0 Å². The van der Waals surface area contributed by atoms with Gasteiger partial charge in [-0.15, -0.1) is 0 Å². The fourth-order valence-corrected chi connectivity index (χ4v) is 3.02. The Hall–Kier alpha value is -1.90. The van der Waals surface area contributed by atoms with Crippen molar-refractivity contribution in [2.24, 2.45) is 16.3 Å². The number of rotatable bonds is 5. The number of aliphatic imine (C=N–C) groups is 1. The Balaban J connectivity index is 2.33. The molecule has 0 atom stereocenters. The fraction of sp³-hybridized carbons (Fsp3) is 0.500. The molecule has 0 saturated heterocycles. The van der Waals surface area contributed by atoms with Gasteiger partial charge in [-0.25, -0.2) is 0 Å². The summed E-state index contributed by atoms with van der Waals surface area (Å²) in [5.74, 6) is 0.609. The standard InChI is InChI=1S/C20H27NO2/c1-14(2)10-16(21-13-15-8-6-5-7-9-15)19-17(22)11-20(3,4)12-18(19)23/h5-9,14,22H,10-13H2,1-4H3. The zero-order valence-corrected chi connectivity index (χ0v) is 14.6. The van der Waals surface area contributed by atoms with E-state index in [9.17, 15) is 9.90 Å². The summed E-state index contributed by atoms with van der Waals surface area (Å²) in [7, 11) is 0. The molecule has 0 heterocycles. The lowest BCUT2D eigenvalue weighted by atomic mass is 9.75. The summed E-state index contributed by atoms with van der Waals surface area (Å²) in [4.78, 5) is 17.2. The average molecular weight is 313 g/mol. The molecule has 0 fully saturated rings. The molecule has 23 heavy (non-hydrogen) atoms. The average Bonchev–Trinajstić information content (AvgIpc) is 2.43. The number of aliphatic hydroxyl groups excluding tert-OH is 1. The SMILES string of the molecule is CC(C)CC(=NCc1ccccc1)C1=C(O)CC(C)(C)CC1=O. The molecule has 1 aliphatic carbocycles. The maximum Gasteiger partial charge on any atom is 0.168 e. The first-order chi connectivity index (χ1) is 10.8. The van der Waals surface area contributed by atoms with Crippen molar-refractivity contribution in [1.29, 1.82) is 0 Å². The van der Waals surface area contributed by atoms with Gasteiger partial charge in [0.15, 0.2) is 5.78 Å². The second-order valence-electron chi connectivity index (χ2n) is 7.61. The van der Waals surface area contributed by atoms with Crippen molar-refractivity contribution in [2.45, 2.75) is 53.5 Å². The van der Waals surface area contributed by atoms with Gasteiger partial charge in [-0.3, -0.25) is 9.79 Å². The predicted molar refractivity (Wildman–Crippen MR) is 94.7 cm³/mol. The van der Waals surface area contributed by atoms with E-state index < -0.39 is 0 Å². The number of carbonyl (C=O) groups excluding carboxylic acids is 1. The van der Waals surface area contributed by atoms with E-state index in [0.29, 0.717) is 37.3 Å². The summed E-state index contributed by atoms with van der Waals surface area (Å²) in [6.07, 6.45) is 1.71. The molecular weight excluding hydrogens is 286 g/mol. The van der Waals surface area contributed by atoms with E-state index in [0.717, 1.165) is 11.3 Å². The van der Waals surface area contributed by atoms with Gasteiger partial charge in [0.2, 0.25) is 0 Å². The van der Waals surface area contributed by atoms with Crippen molar-refractivity contribution in [3.05, 3.63) is 47.2 Å². The molecule has 0 spiro atoms. The van der Waals surface area contributed by atoms with Gasteiger partial charge in [-0.05, 0) is 23.3 Å². The minimum atomic E-state index is -0.174. The Morgan fingerprint density at radius 2 is 1.87 bits per heavy atom. The van der Waals surface area contributed by atoms with E-state index in [1.807, 2.05) is 44.2 Å². The number of ketones is 1. The van der Waals surface area contributed by atoms with E-state index in [2.05, 4.69) is 18.8 Å². The topological polar surface area (TPSA) is 49.7 Å². The minimum absolute atomic E-state index is 0.0196. The Morgan fingerprint density at radius 3 is 2.43 bits per heavy atom. The van der Waals surface area contributed by atoms with Crippen LogP contribution in [0.4, 0.5) is 0 Å². The van der Waals surface area contributed by atoms with Gasteiger partial charge < -0.3 is 5.11 Å². The monoisotopic (exact) mass is 313 g/mol. The highest BCUT2D eigenvalue weighted by atomic mass is 16.3. The molecule has 124 valence electrons. The van der Waals surface area contributed by atoms with Crippen LogP contribution in [-0.4, -0.2) is 16.6 Å². The molecule has 1 N–H and O–H groups in total.